The van der Waals surface area contributed by atoms with Gasteiger partial charge in [0.1, 0.15) is 10.4 Å². The van der Waals surface area contributed by atoms with Crippen LogP contribution in [-0.2, 0) is 11.2 Å². The SMILES string of the molecule is C[C@H](Cl)C(=O)Nc1nnc(C[C@H](C)c2ccccc2)s1. The maximum absolute atomic E-state index is 11.5. The number of hydrogen-bond donors (Lipinski definition) is 1. The van der Waals surface area contributed by atoms with E-state index in [1.165, 1.54) is 16.9 Å². The van der Waals surface area contributed by atoms with E-state index in [1.54, 1.807) is 6.92 Å². The molecule has 0 saturated carbocycles. The summed E-state index contributed by atoms with van der Waals surface area (Å²) < 4.78 is 0. The Morgan fingerprint density at radius 2 is 2.00 bits per heavy atom. The van der Waals surface area contributed by atoms with E-state index >= 15 is 0 Å². The van der Waals surface area contributed by atoms with Crippen molar-refractivity contribution in [3.8, 4) is 0 Å². The second-order valence-corrected chi connectivity index (χ2v) is 6.34. The lowest BCUT2D eigenvalue weighted by molar-refractivity contribution is -0.115. The molecule has 2 rings (SSSR count). The van der Waals surface area contributed by atoms with Gasteiger partial charge in [0.25, 0.3) is 0 Å². The number of benzene rings is 1. The van der Waals surface area contributed by atoms with Crippen LogP contribution >= 0.6 is 22.9 Å². The molecule has 20 heavy (non-hydrogen) atoms. The summed E-state index contributed by atoms with van der Waals surface area (Å²) in [5.74, 6) is 0.102. The molecule has 0 aliphatic heterocycles. The van der Waals surface area contributed by atoms with Crippen LogP contribution in [0.5, 0.6) is 0 Å². The zero-order chi connectivity index (χ0) is 14.5. The molecule has 4 nitrogen and oxygen atoms in total. The van der Waals surface area contributed by atoms with Gasteiger partial charge < -0.3 is 0 Å². The number of nitrogens with zero attached hydrogens (tertiary/aromatic N) is 2. The fourth-order valence-electron chi connectivity index (χ4n) is 1.75. The van der Waals surface area contributed by atoms with Gasteiger partial charge in [0.15, 0.2) is 0 Å². The van der Waals surface area contributed by atoms with E-state index in [4.69, 9.17) is 11.6 Å². The van der Waals surface area contributed by atoms with Crippen molar-refractivity contribution in [2.24, 2.45) is 0 Å². The van der Waals surface area contributed by atoms with Gasteiger partial charge in [0.2, 0.25) is 11.0 Å². The summed E-state index contributed by atoms with van der Waals surface area (Å²) in [6.45, 7) is 3.77. The van der Waals surface area contributed by atoms with Crippen molar-refractivity contribution in [2.75, 3.05) is 5.32 Å². The first kappa shape index (κ1) is 14.9. The van der Waals surface area contributed by atoms with E-state index in [9.17, 15) is 4.79 Å². The molecule has 1 aromatic carbocycles. The number of alkyl halides is 1. The second kappa shape index (κ2) is 6.81. The zero-order valence-electron chi connectivity index (χ0n) is 11.3. The largest absolute Gasteiger partial charge is 0.299 e. The third-order valence-electron chi connectivity index (χ3n) is 2.91. The van der Waals surface area contributed by atoms with E-state index in [-0.39, 0.29) is 5.91 Å². The molecule has 1 amide bonds. The summed E-state index contributed by atoms with van der Waals surface area (Å²) in [5.41, 5.74) is 1.27. The third kappa shape index (κ3) is 4.02. The predicted molar refractivity (Wildman–Crippen MR) is 82.4 cm³/mol. The van der Waals surface area contributed by atoms with Crippen LogP contribution in [0.2, 0.25) is 0 Å². The Kier molecular flexibility index (Phi) is 5.09. The van der Waals surface area contributed by atoms with Crippen LogP contribution in [-0.4, -0.2) is 21.5 Å². The van der Waals surface area contributed by atoms with Crippen LogP contribution in [0.25, 0.3) is 0 Å². The van der Waals surface area contributed by atoms with E-state index in [0.717, 1.165) is 11.4 Å². The van der Waals surface area contributed by atoms with Crippen molar-refractivity contribution >= 4 is 34.0 Å². The molecule has 1 N–H and O–H groups in total. The maximum atomic E-state index is 11.5. The number of nitrogens with one attached hydrogen (secondary N) is 1. The molecular formula is C14H16ClN3OS. The number of anilines is 1. The van der Waals surface area contributed by atoms with E-state index < -0.39 is 5.38 Å². The molecule has 6 heteroatoms. The Labute approximate surface area is 127 Å². The molecule has 0 aliphatic carbocycles. The number of halogens is 1. The molecule has 0 aliphatic rings. The van der Waals surface area contributed by atoms with Crippen molar-refractivity contribution in [1.82, 2.24) is 10.2 Å². The highest BCUT2D eigenvalue weighted by Crippen LogP contribution is 2.24. The van der Waals surface area contributed by atoms with Crippen molar-refractivity contribution in [3.63, 3.8) is 0 Å². The fraction of sp³-hybridized carbons (Fsp3) is 0.357. The lowest BCUT2D eigenvalue weighted by Gasteiger charge is -2.08. The molecular weight excluding hydrogens is 294 g/mol. The number of carbonyl (C=O) groups excluding carboxylic acids is 1. The quantitative estimate of drug-likeness (QED) is 0.861. The maximum Gasteiger partial charge on any atom is 0.243 e. The van der Waals surface area contributed by atoms with Crippen LogP contribution in [0.4, 0.5) is 5.13 Å². The number of aromatic nitrogens is 2. The second-order valence-electron chi connectivity index (χ2n) is 4.62. The number of hydrogen-bond acceptors (Lipinski definition) is 4. The number of rotatable bonds is 5. The average Bonchev–Trinajstić information content (AvgIpc) is 2.86. The lowest BCUT2D eigenvalue weighted by Crippen LogP contribution is -2.20. The molecule has 2 atom stereocenters. The molecule has 1 heterocycles. The molecule has 1 aromatic heterocycles. The van der Waals surface area contributed by atoms with Crippen LogP contribution in [0.1, 0.15) is 30.3 Å². The summed E-state index contributed by atoms with van der Waals surface area (Å²) in [6, 6.07) is 10.3. The number of carbonyl (C=O) groups is 1. The Balaban J connectivity index is 1.98. The summed E-state index contributed by atoms with van der Waals surface area (Å²) in [5, 5.41) is 11.5. The molecule has 2 aromatic rings. The van der Waals surface area contributed by atoms with E-state index in [0.29, 0.717) is 11.0 Å². The van der Waals surface area contributed by atoms with E-state index in [2.05, 4.69) is 34.6 Å². The van der Waals surface area contributed by atoms with Gasteiger partial charge in [0, 0.05) is 6.42 Å². The van der Waals surface area contributed by atoms with Gasteiger partial charge in [0.05, 0.1) is 0 Å². The van der Waals surface area contributed by atoms with Crippen molar-refractivity contribution in [2.45, 2.75) is 31.6 Å². The Bertz CT molecular complexity index is 571. The van der Waals surface area contributed by atoms with Crippen LogP contribution in [0, 0.1) is 0 Å². The minimum absolute atomic E-state index is 0.259. The average molecular weight is 310 g/mol. The van der Waals surface area contributed by atoms with Crippen molar-refractivity contribution in [1.29, 1.82) is 0 Å². The van der Waals surface area contributed by atoms with Gasteiger partial charge in [-0.1, -0.05) is 48.6 Å². The van der Waals surface area contributed by atoms with Gasteiger partial charge >= 0.3 is 0 Å². The lowest BCUT2D eigenvalue weighted by atomic mass is 9.98. The molecule has 0 saturated heterocycles. The molecule has 0 spiro atoms. The highest BCUT2D eigenvalue weighted by Gasteiger charge is 2.14. The highest BCUT2D eigenvalue weighted by atomic mass is 35.5. The number of amides is 1. The first-order chi connectivity index (χ1) is 9.56. The third-order valence-corrected chi connectivity index (χ3v) is 3.97. The molecule has 0 bridgehead atoms. The Morgan fingerprint density at radius 3 is 2.65 bits per heavy atom. The first-order valence-electron chi connectivity index (χ1n) is 6.38. The van der Waals surface area contributed by atoms with Crippen LogP contribution < -0.4 is 5.32 Å². The minimum Gasteiger partial charge on any atom is -0.299 e. The summed E-state index contributed by atoms with van der Waals surface area (Å²) in [7, 11) is 0. The van der Waals surface area contributed by atoms with Gasteiger partial charge in [-0.3, -0.25) is 10.1 Å². The van der Waals surface area contributed by atoms with Gasteiger partial charge in [-0.15, -0.1) is 21.8 Å². The van der Waals surface area contributed by atoms with Crippen LogP contribution in [0.3, 0.4) is 0 Å². The Hall–Kier alpha value is -1.46. The topological polar surface area (TPSA) is 54.9 Å². The van der Waals surface area contributed by atoms with Crippen LogP contribution in [0.15, 0.2) is 30.3 Å². The first-order valence-corrected chi connectivity index (χ1v) is 7.64. The molecule has 0 fully saturated rings. The molecule has 0 unspecified atom stereocenters. The van der Waals surface area contributed by atoms with Gasteiger partial charge in [-0.25, -0.2) is 0 Å². The fourth-order valence-corrected chi connectivity index (χ4v) is 2.68. The van der Waals surface area contributed by atoms with Gasteiger partial charge in [-0.05, 0) is 18.4 Å². The summed E-state index contributed by atoms with van der Waals surface area (Å²) in [4.78, 5) is 11.5. The summed E-state index contributed by atoms with van der Waals surface area (Å²) >= 11 is 7.08. The van der Waals surface area contributed by atoms with E-state index in [1.807, 2.05) is 18.2 Å². The minimum atomic E-state index is -0.578. The normalized spacial score (nSPS) is 13.8. The highest BCUT2D eigenvalue weighted by molar-refractivity contribution is 7.15. The molecule has 106 valence electrons. The Morgan fingerprint density at radius 1 is 1.30 bits per heavy atom. The molecule has 0 radical (unpaired) electrons. The van der Waals surface area contributed by atoms with Crippen molar-refractivity contribution in [3.05, 3.63) is 40.9 Å². The standard InChI is InChI=1S/C14H16ClN3OS/c1-9(11-6-4-3-5-7-11)8-12-17-18-14(20-12)16-13(19)10(2)15/h3-7,9-10H,8H2,1-2H3,(H,16,18,19)/t9-,10-/m0/s1. The van der Waals surface area contributed by atoms with Gasteiger partial charge in [-0.2, -0.15) is 0 Å². The zero-order valence-corrected chi connectivity index (χ0v) is 12.9. The predicted octanol–water partition coefficient (Wildman–Crippen LogP) is 3.45. The summed E-state index contributed by atoms with van der Waals surface area (Å²) in [6.07, 6.45) is 0.800. The van der Waals surface area contributed by atoms with Crippen molar-refractivity contribution < 1.29 is 4.79 Å². The smallest absolute Gasteiger partial charge is 0.243 e. The monoisotopic (exact) mass is 309 g/mol.